The predicted octanol–water partition coefficient (Wildman–Crippen LogP) is 2.23. The molecule has 0 heterocycles. The van der Waals surface area contributed by atoms with Gasteiger partial charge in [-0.25, -0.2) is 0 Å². The Morgan fingerprint density at radius 2 is 2.08 bits per heavy atom. The number of amides is 1. The van der Waals surface area contributed by atoms with Gasteiger partial charge in [-0.2, -0.15) is 0 Å². The topological polar surface area (TPSA) is 29.1 Å². The smallest absolute Gasteiger partial charge is 0.217 e. The minimum absolute atomic E-state index is 0.0513. The van der Waals surface area contributed by atoms with Gasteiger partial charge in [0.1, 0.15) is 0 Å². The Balaban J connectivity index is 2.54. The van der Waals surface area contributed by atoms with Gasteiger partial charge in [-0.15, -0.1) is 0 Å². The van der Waals surface area contributed by atoms with Gasteiger partial charge in [0.05, 0.1) is 6.54 Å². The van der Waals surface area contributed by atoms with E-state index in [9.17, 15) is 4.79 Å². The van der Waals surface area contributed by atoms with E-state index < -0.39 is 0 Å². The van der Waals surface area contributed by atoms with Crippen LogP contribution in [0.4, 0.5) is 0 Å². The van der Waals surface area contributed by atoms with Crippen LogP contribution in [0.25, 0.3) is 0 Å². The zero-order valence-corrected chi connectivity index (χ0v) is 8.97. The molecule has 1 amide bonds. The maximum absolute atomic E-state index is 10.6. The molecule has 0 saturated carbocycles. The van der Waals surface area contributed by atoms with Crippen molar-refractivity contribution < 1.29 is 4.79 Å². The molecule has 0 aromatic heterocycles. The molecule has 2 nitrogen and oxygen atoms in total. The Morgan fingerprint density at radius 1 is 1.46 bits per heavy atom. The van der Waals surface area contributed by atoms with Crippen molar-refractivity contribution in [1.29, 1.82) is 0 Å². The molecule has 0 aliphatic heterocycles. The summed E-state index contributed by atoms with van der Waals surface area (Å²) in [7, 11) is 0. The van der Waals surface area contributed by atoms with E-state index in [1.54, 1.807) is 6.54 Å². The molecule has 0 unspecified atom stereocenters. The number of nitrogens with one attached hydrogen (secondary N) is 1. The summed E-state index contributed by atoms with van der Waals surface area (Å²) >= 11 is 3.36. The zero-order valence-electron chi connectivity index (χ0n) is 7.38. The highest BCUT2D eigenvalue weighted by Crippen LogP contribution is 2.08. The Kier molecular flexibility index (Phi) is 3.96. The largest absolute Gasteiger partial charge is 0.347 e. The summed E-state index contributed by atoms with van der Waals surface area (Å²) in [6.07, 6.45) is 0. The van der Waals surface area contributed by atoms with Crippen molar-refractivity contribution in [1.82, 2.24) is 5.32 Å². The first-order valence-electron chi connectivity index (χ1n) is 3.97. The molecule has 1 N–H and O–H groups in total. The third kappa shape index (κ3) is 3.59. The van der Waals surface area contributed by atoms with Gasteiger partial charge in [-0.3, -0.25) is 4.79 Å². The van der Waals surface area contributed by atoms with E-state index in [0.717, 1.165) is 10.9 Å². The zero-order chi connectivity index (χ0) is 9.68. The monoisotopic (exact) mass is 240 g/mol. The van der Waals surface area contributed by atoms with Crippen molar-refractivity contribution in [2.24, 2.45) is 0 Å². The quantitative estimate of drug-likeness (QED) is 0.808. The minimum atomic E-state index is -0.0513. The van der Waals surface area contributed by atoms with Gasteiger partial charge in [-0.1, -0.05) is 40.2 Å². The Bertz CT molecular complexity index is 281. The SMILES string of the molecule is CC(=O)N[CH]c1ccc(CBr)cc1. The normalized spacial score (nSPS) is 9.69. The van der Waals surface area contributed by atoms with Gasteiger partial charge in [0.25, 0.3) is 0 Å². The molecule has 0 bridgehead atoms. The van der Waals surface area contributed by atoms with Crippen LogP contribution < -0.4 is 5.32 Å². The summed E-state index contributed by atoms with van der Waals surface area (Å²) in [6, 6.07) is 7.96. The molecule has 0 atom stereocenters. The molecule has 69 valence electrons. The van der Waals surface area contributed by atoms with Gasteiger partial charge < -0.3 is 5.32 Å². The second kappa shape index (κ2) is 5.02. The van der Waals surface area contributed by atoms with Crippen LogP contribution in [0.2, 0.25) is 0 Å². The lowest BCUT2D eigenvalue weighted by atomic mass is 10.1. The molecule has 1 radical (unpaired) electrons. The highest BCUT2D eigenvalue weighted by Gasteiger charge is 1.95. The molecule has 1 rings (SSSR count). The third-order valence-corrected chi connectivity index (χ3v) is 2.22. The number of benzene rings is 1. The molecule has 0 spiro atoms. The van der Waals surface area contributed by atoms with Crippen LogP contribution in [0.5, 0.6) is 0 Å². The molecule has 0 aliphatic rings. The molecule has 1 aromatic rings. The first-order valence-corrected chi connectivity index (χ1v) is 5.10. The lowest BCUT2D eigenvalue weighted by Crippen LogP contribution is -2.16. The maximum Gasteiger partial charge on any atom is 0.217 e. The molecule has 13 heavy (non-hydrogen) atoms. The highest BCUT2D eigenvalue weighted by molar-refractivity contribution is 9.08. The molecule has 0 saturated heterocycles. The summed E-state index contributed by atoms with van der Waals surface area (Å²) in [5, 5.41) is 3.48. The molecule has 0 fully saturated rings. The Hall–Kier alpha value is -0.830. The van der Waals surface area contributed by atoms with Crippen molar-refractivity contribution in [3.05, 3.63) is 41.9 Å². The fraction of sp³-hybridized carbons (Fsp3) is 0.200. The number of carbonyl (C=O) groups is 1. The van der Waals surface area contributed by atoms with Gasteiger partial charge in [-0.05, 0) is 11.1 Å². The fourth-order valence-electron chi connectivity index (χ4n) is 0.888. The van der Waals surface area contributed by atoms with Crippen LogP contribution in [0.3, 0.4) is 0 Å². The summed E-state index contributed by atoms with van der Waals surface area (Å²) in [4.78, 5) is 10.6. The molecular formula is C10H11BrNO. The average molecular weight is 241 g/mol. The van der Waals surface area contributed by atoms with E-state index in [1.807, 2.05) is 24.3 Å². The van der Waals surface area contributed by atoms with Crippen molar-refractivity contribution >= 4 is 21.8 Å². The lowest BCUT2D eigenvalue weighted by molar-refractivity contribution is -0.118. The molecule has 0 aliphatic carbocycles. The second-order valence-corrected chi connectivity index (χ2v) is 3.28. The third-order valence-electron chi connectivity index (χ3n) is 1.58. The minimum Gasteiger partial charge on any atom is -0.347 e. The van der Waals surface area contributed by atoms with Crippen LogP contribution >= 0.6 is 15.9 Å². The average Bonchev–Trinajstić information content (AvgIpc) is 2.15. The lowest BCUT2D eigenvalue weighted by Gasteiger charge is -2.01. The van der Waals surface area contributed by atoms with Crippen LogP contribution in [0, 0.1) is 6.54 Å². The highest BCUT2D eigenvalue weighted by atomic mass is 79.9. The van der Waals surface area contributed by atoms with Crippen molar-refractivity contribution in [3.8, 4) is 0 Å². The number of hydrogen-bond acceptors (Lipinski definition) is 1. The molecule has 1 aromatic carbocycles. The van der Waals surface area contributed by atoms with Gasteiger partial charge in [0, 0.05) is 12.3 Å². The van der Waals surface area contributed by atoms with Crippen LogP contribution in [0.15, 0.2) is 24.3 Å². The summed E-state index contributed by atoms with van der Waals surface area (Å²) in [5.41, 5.74) is 2.22. The van der Waals surface area contributed by atoms with Crippen molar-refractivity contribution in [2.45, 2.75) is 12.3 Å². The Morgan fingerprint density at radius 3 is 2.54 bits per heavy atom. The predicted molar refractivity (Wildman–Crippen MR) is 56.3 cm³/mol. The summed E-state index contributed by atoms with van der Waals surface area (Å²) in [5.74, 6) is -0.0513. The maximum atomic E-state index is 10.6. The van der Waals surface area contributed by atoms with Gasteiger partial charge in [0.2, 0.25) is 5.91 Å². The Labute approximate surface area is 86.5 Å². The molecular weight excluding hydrogens is 230 g/mol. The first kappa shape index (κ1) is 10.3. The summed E-state index contributed by atoms with van der Waals surface area (Å²) < 4.78 is 0. The van der Waals surface area contributed by atoms with Gasteiger partial charge in [0.15, 0.2) is 0 Å². The number of halogens is 1. The second-order valence-electron chi connectivity index (χ2n) is 2.72. The summed E-state index contributed by atoms with van der Waals surface area (Å²) in [6.45, 7) is 3.18. The van der Waals surface area contributed by atoms with E-state index in [0.29, 0.717) is 0 Å². The number of alkyl halides is 1. The number of carbonyl (C=O) groups excluding carboxylic acids is 1. The van der Waals surface area contributed by atoms with Crippen LogP contribution in [-0.4, -0.2) is 5.91 Å². The number of rotatable bonds is 3. The van der Waals surface area contributed by atoms with E-state index in [-0.39, 0.29) is 5.91 Å². The van der Waals surface area contributed by atoms with E-state index in [1.165, 1.54) is 12.5 Å². The standard InChI is InChI=1S/C10H11BrNO/c1-8(13)12-7-10-4-2-9(6-11)3-5-10/h2-5,7H,6H2,1H3,(H,12,13). The molecule has 3 heteroatoms. The first-order chi connectivity index (χ1) is 6.22. The van der Waals surface area contributed by atoms with Crippen molar-refractivity contribution in [2.75, 3.05) is 0 Å². The van der Waals surface area contributed by atoms with E-state index in [2.05, 4.69) is 21.2 Å². The number of hydrogen-bond donors (Lipinski definition) is 1. The van der Waals surface area contributed by atoms with Gasteiger partial charge >= 0.3 is 0 Å². The van der Waals surface area contributed by atoms with Crippen LogP contribution in [-0.2, 0) is 10.1 Å². The van der Waals surface area contributed by atoms with E-state index in [4.69, 9.17) is 0 Å². The van der Waals surface area contributed by atoms with Crippen molar-refractivity contribution in [3.63, 3.8) is 0 Å². The van der Waals surface area contributed by atoms with E-state index >= 15 is 0 Å². The van der Waals surface area contributed by atoms with Crippen LogP contribution in [0.1, 0.15) is 18.1 Å². The fourth-order valence-corrected chi connectivity index (χ4v) is 1.26.